The van der Waals surface area contributed by atoms with E-state index in [1.165, 1.54) is 17.4 Å². The lowest BCUT2D eigenvalue weighted by Gasteiger charge is -2.35. The number of anilines is 1. The van der Waals surface area contributed by atoms with Crippen LogP contribution in [0.4, 0.5) is 5.95 Å². The number of nitrogens with one attached hydrogen (secondary N) is 1. The highest BCUT2D eigenvalue weighted by atomic mass is 79.9. The van der Waals surface area contributed by atoms with Crippen LogP contribution in [0.3, 0.4) is 0 Å². The summed E-state index contributed by atoms with van der Waals surface area (Å²) in [5.41, 5.74) is 1.07. The van der Waals surface area contributed by atoms with Crippen molar-refractivity contribution in [3.05, 3.63) is 55.1 Å². The number of benzene rings is 1. The molecule has 1 N–H and O–H groups in total. The Morgan fingerprint density at radius 1 is 1.10 bits per heavy atom. The van der Waals surface area contributed by atoms with Crippen molar-refractivity contribution in [2.24, 2.45) is 7.05 Å². The second-order valence-electron chi connectivity index (χ2n) is 7.80. The first-order valence-corrected chi connectivity index (χ1v) is 11.2. The highest BCUT2D eigenvalue weighted by Crippen LogP contribution is 2.23. The highest BCUT2D eigenvalue weighted by Gasteiger charge is 2.24. The van der Waals surface area contributed by atoms with E-state index >= 15 is 0 Å². The first-order valence-electron chi connectivity index (χ1n) is 10.4. The molecule has 0 atom stereocenters. The van der Waals surface area contributed by atoms with Crippen LogP contribution in [-0.2, 0) is 13.6 Å². The fraction of sp³-hybridized carbons (Fsp3) is 0.476. The Labute approximate surface area is 183 Å². The van der Waals surface area contributed by atoms with Crippen LogP contribution in [0.5, 0.6) is 0 Å². The molecule has 0 saturated carbocycles. The van der Waals surface area contributed by atoms with Gasteiger partial charge in [0.05, 0.1) is 6.54 Å². The van der Waals surface area contributed by atoms with Gasteiger partial charge in [-0.3, -0.25) is 23.8 Å². The van der Waals surface area contributed by atoms with Gasteiger partial charge in [0.25, 0.3) is 5.56 Å². The number of rotatable bonds is 6. The van der Waals surface area contributed by atoms with Gasteiger partial charge in [0.1, 0.15) is 0 Å². The van der Waals surface area contributed by atoms with Crippen LogP contribution in [0.15, 0.2) is 38.3 Å². The maximum atomic E-state index is 12.7. The molecular weight excluding hydrogens is 448 g/mol. The molecule has 0 amide bonds. The molecule has 1 fully saturated rings. The summed E-state index contributed by atoms with van der Waals surface area (Å²) < 4.78 is 4.36. The zero-order valence-electron chi connectivity index (χ0n) is 17.4. The van der Waals surface area contributed by atoms with E-state index in [0.29, 0.717) is 17.7 Å². The summed E-state index contributed by atoms with van der Waals surface area (Å²) in [6.07, 6.45) is 2.40. The van der Waals surface area contributed by atoms with Crippen molar-refractivity contribution in [2.75, 3.05) is 37.6 Å². The molecule has 0 unspecified atom stereocenters. The van der Waals surface area contributed by atoms with E-state index in [0.717, 1.165) is 48.7 Å². The monoisotopic (exact) mass is 474 g/mol. The quantitative estimate of drug-likeness (QED) is 0.591. The normalized spacial score (nSPS) is 15.2. The Bertz CT molecular complexity index is 1140. The van der Waals surface area contributed by atoms with Crippen molar-refractivity contribution in [1.29, 1.82) is 0 Å². The topological polar surface area (TPSA) is 79.2 Å². The number of unbranched alkanes of at least 4 members (excludes halogenated alkanes) is 1. The van der Waals surface area contributed by atoms with Gasteiger partial charge in [-0.25, -0.2) is 4.79 Å². The van der Waals surface area contributed by atoms with Gasteiger partial charge in [-0.1, -0.05) is 41.4 Å². The third-order valence-corrected chi connectivity index (χ3v) is 6.25. The molecular formula is C21H27BrN6O2. The van der Waals surface area contributed by atoms with Gasteiger partial charge < -0.3 is 4.90 Å². The average Bonchev–Trinajstić information content (AvgIpc) is 3.12. The Balaban J connectivity index is 1.74. The summed E-state index contributed by atoms with van der Waals surface area (Å²) in [5, 5.41) is 0. The molecule has 3 heterocycles. The first-order chi connectivity index (χ1) is 14.5. The summed E-state index contributed by atoms with van der Waals surface area (Å²) in [5.74, 6) is 0.745. The second-order valence-corrected chi connectivity index (χ2v) is 8.71. The fourth-order valence-corrected chi connectivity index (χ4v) is 4.20. The number of imidazole rings is 1. The third-order valence-electron chi connectivity index (χ3n) is 5.72. The highest BCUT2D eigenvalue weighted by molar-refractivity contribution is 9.10. The zero-order chi connectivity index (χ0) is 21.3. The maximum Gasteiger partial charge on any atom is 0.329 e. The number of piperazine rings is 1. The lowest BCUT2D eigenvalue weighted by atomic mass is 10.2. The minimum absolute atomic E-state index is 0.398. The van der Waals surface area contributed by atoms with Gasteiger partial charge in [0.15, 0.2) is 11.2 Å². The standard InChI is InChI=1S/C21H27BrN6O2/c1-3-4-9-26-10-12-27(13-11-26)20-23-18-17(19(29)24-21(30)25(18)2)28(20)14-15-5-7-16(22)8-6-15/h5-8H,3-4,9-14H2,1-2H3,(H,24,29,30). The summed E-state index contributed by atoms with van der Waals surface area (Å²) in [4.78, 5) is 36.7. The van der Waals surface area contributed by atoms with Crippen LogP contribution in [0, 0.1) is 0 Å². The molecule has 4 rings (SSSR count). The largest absolute Gasteiger partial charge is 0.340 e. The number of nitrogens with zero attached hydrogens (tertiary/aromatic N) is 5. The van der Waals surface area contributed by atoms with Gasteiger partial charge >= 0.3 is 5.69 Å². The van der Waals surface area contributed by atoms with Gasteiger partial charge in [-0.15, -0.1) is 0 Å². The molecule has 0 radical (unpaired) electrons. The molecule has 1 saturated heterocycles. The molecule has 1 aliphatic heterocycles. The Hall–Kier alpha value is -2.39. The van der Waals surface area contributed by atoms with Crippen LogP contribution in [-0.4, -0.2) is 56.7 Å². The number of aromatic amines is 1. The number of halogens is 1. The Kier molecular flexibility index (Phi) is 6.10. The van der Waals surface area contributed by atoms with Crippen molar-refractivity contribution in [3.8, 4) is 0 Å². The smallest absolute Gasteiger partial charge is 0.329 e. The van der Waals surface area contributed by atoms with E-state index in [1.54, 1.807) is 7.05 Å². The number of aryl methyl sites for hydroxylation is 1. The molecule has 1 aliphatic rings. The average molecular weight is 475 g/mol. The molecule has 0 spiro atoms. The third kappa shape index (κ3) is 4.09. The Morgan fingerprint density at radius 3 is 2.47 bits per heavy atom. The summed E-state index contributed by atoms with van der Waals surface area (Å²) in [6, 6.07) is 8.03. The lowest BCUT2D eigenvalue weighted by molar-refractivity contribution is 0.252. The maximum absolute atomic E-state index is 12.7. The molecule has 2 aromatic heterocycles. The van der Waals surface area contributed by atoms with Crippen LogP contribution in [0.2, 0.25) is 0 Å². The molecule has 9 heteroatoms. The predicted molar refractivity (Wildman–Crippen MR) is 122 cm³/mol. The molecule has 3 aromatic rings. The second kappa shape index (κ2) is 8.77. The van der Waals surface area contributed by atoms with Crippen LogP contribution in [0.1, 0.15) is 25.3 Å². The van der Waals surface area contributed by atoms with Crippen LogP contribution >= 0.6 is 15.9 Å². The van der Waals surface area contributed by atoms with Gasteiger partial charge in [0.2, 0.25) is 5.95 Å². The van der Waals surface area contributed by atoms with Crippen molar-refractivity contribution in [3.63, 3.8) is 0 Å². The van der Waals surface area contributed by atoms with E-state index in [4.69, 9.17) is 4.98 Å². The fourth-order valence-electron chi connectivity index (χ4n) is 3.94. The molecule has 30 heavy (non-hydrogen) atoms. The summed E-state index contributed by atoms with van der Waals surface area (Å²) in [6.45, 7) is 7.47. The van der Waals surface area contributed by atoms with E-state index in [1.807, 2.05) is 28.8 Å². The zero-order valence-corrected chi connectivity index (χ0v) is 19.0. The van der Waals surface area contributed by atoms with E-state index in [2.05, 4.69) is 37.6 Å². The minimum atomic E-state index is -0.447. The van der Waals surface area contributed by atoms with Gasteiger partial charge in [-0.05, 0) is 30.7 Å². The van der Waals surface area contributed by atoms with Gasteiger partial charge in [0, 0.05) is 37.7 Å². The van der Waals surface area contributed by atoms with Crippen molar-refractivity contribution >= 4 is 33.0 Å². The number of H-pyrrole nitrogens is 1. The Morgan fingerprint density at radius 2 is 1.80 bits per heavy atom. The van der Waals surface area contributed by atoms with Crippen molar-refractivity contribution in [2.45, 2.75) is 26.3 Å². The van der Waals surface area contributed by atoms with Crippen LogP contribution in [0.25, 0.3) is 11.2 Å². The SMILES string of the molecule is CCCCN1CCN(c2nc3c(c(=O)[nH]c(=O)n3C)n2Cc2ccc(Br)cc2)CC1. The van der Waals surface area contributed by atoms with E-state index < -0.39 is 11.2 Å². The van der Waals surface area contributed by atoms with E-state index in [-0.39, 0.29) is 0 Å². The minimum Gasteiger partial charge on any atom is -0.340 e. The van der Waals surface area contributed by atoms with Crippen molar-refractivity contribution in [1.82, 2.24) is 24.0 Å². The molecule has 160 valence electrons. The molecule has 1 aromatic carbocycles. The van der Waals surface area contributed by atoms with Gasteiger partial charge in [-0.2, -0.15) is 4.98 Å². The molecule has 8 nitrogen and oxygen atoms in total. The summed E-state index contributed by atoms with van der Waals surface area (Å²) >= 11 is 3.47. The molecule has 0 bridgehead atoms. The summed E-state index contributed by atoms with van der Waals surface area (Å²) in [7, 11) is 1.64. The van der Waals surface area contributed by atoms with Crippen molar-refractivity contribution < 1.29 is 0 Å². The molecule has 0 aliphatic carbocycles. The number of fused-ring (bicyclic) bond motifs is 1. The number of hydrogen-bond donors (Lipinski definition) is 1. The number of hydrogen-bond acceptors (Lipinski definition) is 5. The van der Waals surface area contributed by atoms with Crippen LogP contribution < -0.4 is 16.1 Å². The number of aromatic nitrogens is 4. The first kappa shape index (κ1) is 20.9. The lowest BCUT2D eigenvalue weighted by Crippen LogP contribution is -2.47. The predicted octanol–water partition coefficient (Wildman–Crippen LogP) is 2.16. The van der Waals surface area contributed by atoms with E-state index in [9.17, 15) is 9.59 Å².